The van der Waals surface area contributed by atoms with Crippen molar-refractivity contribution >= 4 is 11.6 Å². The minimum absolute atomic E-state index is 0.201. The maximum absolute atomic E-state index is 13.6. The lowest BCUT2D eigenvalue weighted by atomic mass is 10.00. The zero-order valence-electron chi connectivity index (χ0n) is 11.4. The van der Waals surface area contributed by atoms with Crippen LogP contribution in [0.1, 0.15) is 63.5 Å². The molecule has 2 N–H and O–H groups in total. The number of hydrogen-bond donors (Lipinski definition) is 1. The van der Waals surface area contributed by atoms with Crippen molar-refractivity contribution < 1.29 is 8.78 Å². The van der Waals surface area contributed by atoms with Crippen molar-refractivity contribution in [3.05, 3.63) is 34.4 Å². The second-order valence-corrected chi connectivity index (χ2v) is 5.36. The first-order valence-electron chi connectivity index (χ1n) is 6.96. The number of unbranched alkanes of at least 4 members (excludes halogenated alkanes) is 5. The van der Waals surface area contributed by atoms with Crippen molar-refractivity contribution in [2.75, 3.05) is 0 Å². The lowest BCUT2D eigenvalue weighted by Gasteiger charge is -2.13. The zero-order valence-corrected chi connectivity index (χ0v) is 12.1. The topological polar surface area (TPSA) is 26.0 Å². The largest absolute Gasteiger partial charge is 0.324 e. The zero-order chi connectivity index (χ0) is 14.3. The lowest BCUT2D eigenvalue weighted by molar-refractivity contribution is 0.516. The van der Waals surface area contributed by atoms with E-state index in [4.69, 9.17) is 17.3 Å². The molecular weight excluding hydrogens is 268 g/mol. The Hall–Kier alpha value is -0.670. The van der Waals surface area contributed by atoms with Crippen LogP contribution in [-0.4, -0.2) is 0 Å². The molecule has 0 radical (unpaired) electrons. The van der Waals surface area contributed by atoms with E-state index >= 15 is 0 Å². The van der Waals surface area contributed by atoms with Gasteiger partial charge in [0.05, 0.1) is 5.02 Å². The molecule has 0 aliphatic rings. The highest BCUT2D eigenvalue weighted by atomic mass is 35.5. The Morgan fingerprint density at radius 1 is 1.05 bits per heavy atom. The highest BCUT2D eigenvalue weighted by molar-refractivity contribution is 6.30. The van der Waals surface area contributed by atoms with Crippen molar-refractivity contribution in [1.82, 2.24) is 0 Å². The van der Waals surface area contributed by atoms with E-state index in [1.165, 1.54) is 25.7 Å². The van der Waals surface area contributed by atoms with Crippen LogP contribution in [0.2, 0.25) is 5.02 Å². The molecule has 1 rings (SSSR count). The van der Waals surface area contributed by atoms with Crippen molar-refractivity contribution in [2.45, 2.75) is 57.9 Å². The summed E-state index contributed by atoms with van der Waals surface area (Å²) in [7, 11) is 0. The van der Waals surface area contributed by atoms with Gasteiger partial charge in [0.2, 0.25) is 0 Å². The second kappa shape index (κ2) is 8.49. The molecule has 0 spiro atoms. The Labute approximate surface area is 119 Å². The highest BCUT2D eigenvalue weighted by Gasteiger charge is 2.14. The molecule has 1 aromatic rings. The minimum Gasteiger partial charge on any atom is -0.324 e. The van der Waals surface area contributed by atoms with Crippen LogP contribution >= 0.6 is 11.6 Å². The van der Waals surface area contributed by atoms with Crippen LogP contribution in [0.5, 0.6) is 0 Å². The van der Waals surface area contributed by atoms with Gasteiger partial charge in [-0.25, -0.2) is 8.78 Å². The van der Waals surface area contributed by atoms with Gasteiger partial charge in [0.15, 0.2) is 0 Å². The molecule has 0 saturated heterocycles. The molecule has 108 valence electrons. The van der Waals surface area contributed by atoms with E-state index < -0.39 is 17.7 Å². The number of benzene rings is 1. The van der Waals surface area contributed by atoms with Crippen molar-refractivity contribution in [1.29, 1.82) is 0 Å². The lowest BCUT2D eigenvalue weighted by Crippen LogP contribution is -2.12. The third kappa shape index (κ3) is 5.45. The maximum Gasteiger partial charge on any atom is 0.142 e. The summed E-state index contributed by atoms with van der Waals surface area (Å²) in [4.78, 5) is 0. The van der Waals surface area contributed by atoms with E-state index in [0.29, 0.717) is 6.42 Å². The Bertz CT molecular complexity index is 396. The summed E-state index contributed by atoms with van der Waals surface area (Å²) < 4.78 is 26.9. The molecule has 0 fully saturated rings. The minimum atomic E-state index is -0.614. The molecule has 1 nitrogen and oxygen atoms in total. The summed E-state index contributed by atoms with van der Waals surface area (Å²) in [5, 5.41) is -0.201. The van der Waals surface area contributed by atoms with Crippen molar-refractivity contribution in [3.63, 3.8) is 0 Å². The monoisotopic (exact) mass is 289 g/mol. The molecule has 4 heteroatoms. The summed E-state index contributed by atoms with van der Waals surface area (Å²) in [5.41, 5.74) is 6.12. The number of hydrogen-bond acceptors (Lipinski definition) is 1. The van der Waals surface area contributed by atoms with E-state index in [1.807, 2.05) is 0 Å². The number of rotatable bonds is 8. The van der Waals surface area contributed by atoms with Gasteiger partial charge in [0.1, 0.15) is 11.6 Å². The van der Waals surface area contributed by atoms with Crippen molar-refractivity contribution in [2.24, 2.45) is 5.73 Å². The molecule has 1 unspecified atom stereocenters. The first kappa shape index (κ1) is 16.4. The first-order valence-corrected chi connectivity index (χ1v) is 7.34. The van der Waals surface area contributed by atoms with E-state index in [9.17, 15) is 8.78 Å². The molecule has 0 aromatic heterocycles. The fourth-order valence-corrected chi connectivity index (χ4v) is 2.27. The summed E-state index contributed by atoms with van der Waals surface area (Å²) in [6.07, 6.45) is 7.58. The summed E-state index contributed by atoms with van der Waals surface area (Å²) in [6, 6.07) is 1.64. The Kier molecular flexibility index (Phi) is 7.32. The maximum atomic E-state index is 13.6. The van der Waals surface area contributed by atoms with Crippen LogP contribution < -0.4 is 5.73 Å². The molecule has 19 heavy (non-hydrogen) atoms. The Morgan fingerprint density at radius 2 is 1.68 bits per heavy atom. The predicted molar refractivity (Wildman–Crippen MR) is 76.3 cm³/mol. The third-order valence-corrected chi connectivity index (χ3v) is 3.60. The number of nitrogens with two attached hydrogens (primary N) is 1. The SMILES string of the molecule is CCCCCCCCC(N)c1cc(F)c(Cl)cc1F. The van der Waals surface area contributed by atoms with Gasteiger partial charge in [-0.1, -0.05) is 57.0 Å². The van der Waals surface area contributed by atoms with E-state index in [-0.39, 0.29) is 10.6 Å². The van der Waals surface area contributed by atoms with Gasteiger partial charge in [0.25, 0.3) is 0 Å². The molecule has 1 aromatic carbocycles. The summed E-state index contributed by atoms with van der Waals surface area (Å²) in [6.45, 7) is 2.17. The van der Waals surface area contributed by atoms with Gasteiger partial charge < -0.3 is 5.73 Å². The van der Waals surface area contributed by atoms with Crippen LogP contribution in [0, 0.1) is 11.6 Å². The fraction of sp³-hybridized carbons (Fsp3) is 0.600. The van der Waals surface area contributed by atoms with E-state index in [0.717, 1.165) is 25.0 Å². The molecule has 0 saturated carbocycles. The smallest absolute Gasteiger partial charge is 0.142 e. The Balaban J connectivity index is 2.41. The normalized spacial score (nSPS) is 12.7. The molecule has 0 aliphatic carbocycles. The van der Waals surface area contributed by atoms with Gasteiger partial charge in [-0.15, -0.1) is 0 Å². The molecule has 0 aliphatic heterocycles. The first-order chi connectivity index (χ1) is 9.06. The van der Waals surface area contributed by atoms with Gasteiger partial charge in [-0.05, 0) is 18.6 Å². The molecule has 0 bridgehead atoms. The third-order valence-electron chi connectivity index (χ3n) is 3.31. The Morgan fingerprint density at radius 3 is 2.37 bits per heavy atom. The molecule has 0 heterocycles. The van der Waals surface area contributed by atoms with Gasteiger partial charge in [-0.2, -0.15) is 0 Å². The summed E-state index contributed by atoms with van der Waals surface area (Å²) >= 11 is 5.51. The van der Waals surface area contributed by atoms with Crippen LogP contribution in [0.25, 0.3) is 0 Å². The van der Waals surface area contributed by atoms with Gasteiger partial charge in [0, 0.05) is 11.6 Å². The average molecular weight is 290 g/mol. The van der Waals surface area contributed by atoms with E-state index in [2.05, 4.69) is 6.92 Å². The van der Waals surface area contributed by atoms with Gasteiger partial charge in [-0.3, -0.25) is 0 Å². The van der Waals surface area contributed by atoms with Crippen LogP contribution in [0.15, 0.2) is 12.1 Å². The molecular formula is C15H22ClF2N. The number of halogens is 3. The average Bonchev–Trinajstić information content (AvgIpc) is 2.37. The van der Waals surface area contributed by atoms with E-state index in [1.54, 1.807) is 0 Å². The van der Waals surface area contributed by atoms with Crippen LogP contribution in [0.4, 0.5) is 8.78 Å². The quantitative estimate of drug-likeness (QED) is 0.505. The second-order valence-electron chi connectivity index (χ2n) is 4.95. The fourth-order valence-electron chi connectivity index (χ4n) is 2.12. The molecule has 1 atom stereocenters. The highest BCUT2D eigenvalue weighted by Crippen LogP contribution is 2.25. The van der Waals surface area contributed by atoms with Crippen LogP contribution in [0.3, 0.4) is 0 Å². The standard InChI is InChI=1S/C15H22ClF2N/c1-2-3-4-5-6-7-8-15(19)11-9-14(18)12(16)10-13(11)17/h9-10,15H,2-8,19H2,1H3. The van der Waals surface area contributed by atoms with Crippen LogP contribution in [-0.2, 0) is 0 Å². The van der Waals surface area contributed by atoms with Crippen molar-refractivity contribution in [3.8, 4) is 0 Å². The predicted octanol–water partition coefficient (Wildman–Crippen LogP) is 5.37. The molecule has 0 amide bonds. The van der Waals surface area contributed by atoms with Gasteiger partial charge >= 0.3 is 0 Å². The summed E-state index contributed by atoms with van der Waals surface area (Å²) in [5.74, 6) is -1.14.